The van der Waals surface area contributed by atoms with Crippen LogP contribution in [0.15, 0.2) is 60.7 Å². The lowest BCUT2D eigenvalue weighted by Gasteiger charge is -2.04. The summed E-state index contributed by atoms with van der Waals surface area (Å²) in [4.78, 5) is 0. The summed E-state index contributed by atoms with van der Waals surface area (Å²) in [6, 6.07) is 19.1. The van der Waals surface area contributed by atoms with Gasteiger partial charge in [0, 0.05) is 16.7 Å². The van der Waals surface area contributed by atoms with Crippen molar-refractivity contribution in [3.63, 3.8) is 0 Å². The maximum Gasteiger partial charge on any atom is 0.174 e. The molecule has 0 saturated carbocycles. The van der Waals surface area contributed by atoms with Gasteiger partial charge in [0.2, 0.25) is 0 Å². The van der Waals surface area contributed by atoms with Crippen LogP contribution in [0, 0.1) is 35.3 Å². The van der Waals surface area contributed by atoms with Crippen LogP contribution in [0.25, 0.3) is 0 Å². The molecule has 0 atom stereocenters. The third kappa shape index (κ3) is 7.34. The molecule has 0 fully saturated rings. The largest absolute Gasteiger partial charge is 0.203 e. The van der Waals surface area contributed by atoms with Crippen LogP contribution in [0.2, 0.25) is 0 Å². The third-order valence-corrected chi connectivity index (χ3v) is 5.56. The molecule has 2 heteroatoms. The van der Waals surface area contributed by atoms with E-state index in [1.807, 2.05) is 31.2 Å². The summed E-state index contributed by atoms with van der Waals surface area (Å²) in [5.74, 6) is 10.4. The van der Waals surface area contributed by atoms with Gasteiger partial charge in [-0.25, -0.2) is 8.78 Å². The Kier molecular flexibility index (Phi) is 9.29. The average molecular weight is 441 g/mol. The Morgan fingerprint density at radius 1 is 0.545 bits per heavy atom. The summed E-state index contributed by atoms with van der Waals surface area (Å²) in [6.45, 7) is 4.24. The lowest BCUT2D eigenvalue weighted by Crippen LogP contribution is -1.97. The molecule has 0 aliphatic heterocycles. The molecular weight excluding hydrogens is 410 g/mol. The zero-order valence-electron chi connectivity index (χ0n) is 19.5. The van der Waals surface area contributed by atoms with E-state index in [-0.39, 0.29) is 5.56 Å². The summed E-state index contributed by atoms with van der Waals surface area (Å²) >= 11 is 0. The van der Waals surface area contributed by atoms with Crippen LogP contribution < -0.4 is 0 Å². The van der Waals surface area contributed by atoms with E-state index in [0.717, 1.165) is 36.0 Å². The molecule has 168 valence electrons. The third-order valence-electron chi connectivity index (χ3n) is 5.56. The summed E-state index contributed by atoms with van der Waals surface area (Å²) < 4.78 is 28.5. The van der Waals surface area contributed by atoms with Crippen molar-refractivity contribution in [3.05, 3.63) is 106 Å². The molecule has 3 aromatic rings. The van der Waals surface area contributed by atoms with Gasteiger partial charge in [0.05, 0.1) is 5.56 Å². The second kappa shape index (κ2) is 12.6. The van der Waals surface area contributed by atoms with Crippen LogP contribution in [0.1, 0.15) is 79.3 Å². The number of hydrogen-bond acceptors (Lipinski definition) is 0. The van der Waals surface area contributed by atoms with Crippen LogP contribution in [0.4, 0.5) is 8.78 Å². The topological polar surface area (TPSA) is 0 Å². The minimum absolute atomic E-state index is 0.0785. The summed E-state index contributed by atoms with van der Waals surface area (Å²) in [7, 11) is 0. The molecule has 0 radical (unpaired) electrons. The molecule has 3 rings (SSSR count). The smallest absolute Gasteiger partial charge is 0.174 e. The van der Waals surface area contributed by atoms with Crippen LogP contribution in [-0.4, -0.2) is 0 Å². The fourth-order valence-corrected chi connectivity index (χ4v) is 3.50. The lowest BCUT2D eigenvalue weighted by molar-refractivity contribution is 0.495. The Balaban J connectivity index is 1.64. The van der Waals surface area contributed by atoms with Crippen molar-refractivity contribution in [2.24, 2.45) is 0 Å². The molecule has 0 unspecified atom stereocenters. The quantitative estimate of drug-likeness (QED) is 0.259. The van der Waals surface area contributed by atoms with E-state index in [9.17, 15) is 8.78 Å². The number of hydrogen-bond donors (Lipinski definition) is 0. The van der Waals surface area contributed by atoms with E-state index in [4.69, 9.17) is 0 Å². The van der Waals surface area contributed by atoms with Crippen LogP contribution in [-0.2, 0) is 12.8 Å². The van der Waals surface area contributed by atoms with Gasteiger partial charge < -0.3 is 0 Å². The summed E-state index contributed by atoms with van der Waals surface area (Å²) in [5.41, 5.74) is 4.43. The summed E-state index contributed by atoms with van der Waals surface area (Å²) in [6.07, 6.45) is 7.15. The molecule has 0 aromatic heterocycles. The van der Waals surface area contributed by atoms with Crippen LogP contribution >= 0.6 is 0 Å². The van der Waals surface area contributed by atoms with Gasteiger partial charge in [-0.15, -0.1) is 0 Å². The molecule has 0 aliphatic carbocycles. The normalized spacial score (nSPS) is 10.2. The van der Waals surface area contributed by atoms with Crippen molar-refractivity contribution in [1.29, 1.82) is 0 Å². The number of aryl methyl sites for hydroxylation is 2. The van der Waals surface area contributed by atoms with E-state index in [1.54, 1.807) is 12.1 Å². The van der Waals surface area contributed by atoms with Crippen molar-refractivity contribution < 1.29 is 8.78 Å². The zero-order chi connectivity index (χ0) is 23.5. The molecule has 0 N–H and O–H groups in total. The SMILES string of the molecule is CCCCCc1ccc(C#Cc2ccc(C#Cc3ccc(CCCC)c(F)c3F)cc2)cc1. The highest BCUT2D eigenvalue weighted by molar-refractivity contribution is 5.48. The first-order valence-electron chi connectivity index (χ1n) is 11.8. The first-order valence-corrected chi connectivity index (χ1v) is 11.8. The van der Waals surface area contributed by atoms with Crippen molar-refractivity contribution in [2.75, 3.05) is 0 Å². The van der Waals surface area contributed by atoms with Gasteiger partial charge in [0.25, 0.3) is 0 Å². The highest BCUT2D eigenvalue weighted by atomic mass is 19.2. The van der Waals surface area contributed by atoms with Crippen LogP contribution in [0.3, 0.4) is 0 Å². The predicted octanol–water partition coefficient (Wildman–Crippen LogP) is 7.84. The van der Waals surface area contributed by atoms with E-state index >= 15 is 0 Å². The van der Waals surface area contributed by atoms with Gasteiger partial charge in [0.1, 0.15) is 0 Å². The van der Waals surface area contributed by atoms with Gasteiger partial charge in [-0.2, -0.15) is 0 Å². The minimum atomic E-state index is -0.866. The van der Waals surface area contributed by atoms with Crippen LogP contribution in [0.5, 0.6) is 0 Å². The van der Waals surface area contributed by atoms with Gasteiger partial charge in [-0.3, -0.25) is 0 Å². The number of unbranched alkanes of at least 4 members (excludes halogenated alkanes) is 3. The number of benzene rings is 3. The molecule has 0 heterocycles. The van der Waals surface area contributed by atoms with Crippen molar-refractivity contribution in [2.45, 2.75) is 58.8 Å². The van der Waals surface area contributed by atoms with E-state index in [2.05, 4.69) is 54.9 Å². The molecule has 33 heavy (non-hydrogen) atoms. The van der Waals surface area contributed by atoms with Gasteiger partial charge >= 0.3 is 0 Å². The van der Waals surface area contributed by atoms with Gasteiger partial charge in [-0.1, -0.05) is 75.0 Å². The highest BCUT2D eigenvalue weighted by Crippen LogP contribution is 2.18. The Morgan fingerprint density at radius 2 is 1.09 bits per heavy atom. The average Bonchev–Trinajstić information content (AvgIpc) is 2.84. The molecule has 0 aliphatic rings. The molecule has 0 nitrogen and oxygen atoms in total. The van der Waals surface area contributed by atoms with Crippen molar-refractivity contribution >= 4 is 0 Å². The molecule has 0 bridgehead atoms. The highest BCUT2D eigenvalue weighted by Gasteiger charge is 2.11. The first kappa shape index (κ1) is 24.3. The predicted molar refractivity (Wildman–Crippen MR) is 133 cm³/mol. The molecule has 0 saturated heterocycles. The monoisotopic (exact) mass is 440 g/mol. The number of rotatable bonds is 7. The first-order chi connectivity index (χ1) is 16.1. The fourth-order valence-electron chi connectivity index (χ4n) is 3.50. The maximum atomic E-state index is 14.3. The van der Waals surface area contributed by atoms with E-state index in [1.165, 1.54) is 24.8 Å². The molecule has 0 spiro atoms. The summed E-state index contributed by atoms with van der Waals surface area (Å²) in [5, 5.41) is 0. The van der Waals surface area contributed by atoms with Gasteiger partial charge in [0.15, 0.2) is 11.6 Å². The Morgan fingerprint density at radius 3 is 1.67 bits per heavy atom. The Bertz CT molecular complexity index is 1160. The standard InChI is InChI=1S/C31H30F2/c1-3-5-7-8-24-10-12-25(13-11-24)14-15-26-16-18-27(19-17-26)20-21-29-23-22-28(9-6-4-2)30(32)31(29)33/h10-13,16-19,22-23H,3-9H2,1-2H3. The molecule has 3 aromatic carbocycles. The second-order valence-electron chi connectivity index (χ2n) is 8.24. The Hall–Kier alpha value is -3.36. The lowest BCUT2D eigenvalue weighted by atomic mass is 10.0. The fraction of sp³-hybridized carbons (Fsp3) is 0.290. The Labute approximate surface area is 197 Å². The number of halogens is 2. The van der Waals surface area contributed by atoms with Crippen molar-refractivity contribution in [1.82, 2.24) is 0 Å². The minimum Gasteiger partial charge on any atom is -0.203 e. The second-order valence-corrected chi connectivity index (χ2v) is 8.24. The van der Waals surface area contributed by atoms with Crippen molar-refractivity contribution in [3.8, 4) is 23.7 Å². The molecule has 0 amide bonds. The molecular formula is C31H30F2. The maximum absolute atomic E-state index is 14.3. The van der Waals surface area contributed by atoms with Gasteiger partial charge in [-0.05, 0) is 79.3 Å². The van der Waals surface area contributed by atoms with E-state index in [0.29, 0.717) is 12.0 Å². The zero-order valence-corrected chi connectivity index (χ0v) is 19.5. The van der Waals surface area contributed by atoms with E-state index < -0.39 is 11.6 Å².